The van der Waals surface area contributed by atoms with Crippen molar-refractivity contribution in [2.45, 2.75) is 71.8 Å². The van der Waals surface area contributed by atoms with Crippen LogP contribution in [0.2, 0.25) is 0 Å². The minimum absolute atomic E-state index is 0.115. The molecule has 0 spiro atoms. The van der Waals surface area contributed by atoms with Gasteiger partial charge in [0.25, 0.3) is 0 Å². The van der Waals surface area contributed by atoms with Gasteiger partial charge in [0.1, 0.15) is 0 Å². The standard InChI is InChI=1S/C21H33NO2/c1-4-17-8-10-18(11-9-17)16(3)6-5-13-22-21(24)19-14-15(2)7-12-20(19)23/h7-8,14,16,18,20,23H,4-6,9-13H2,1-3H3,(H,22,24). The molecule has 3 atom stereocenters. The molecule has 24 heavy (non-hydrogen) atoms. The molecule has 1 amide bonds. The molecule has 0 aliphatic heterocycles. The number of amides is 1. The van der Waals surface area contributed by atoms with E-state index in [0.29, 0.717) is 24.5 Å². The molecule has 0 heterocycles. The van der Waals surface area contributed by atoms with Crippen LogP contribution in [0.5, 0.6) is 0 Å². The summed E-state index contributed by atoms with van der Waals surface area (Å²) in [5, 5.41) is 12.9. The van der Waals surface area contributed by atoms with Crippen molar-refractivity contribution in [3.63, 3.8) is 0 Å². The second-order valence-electron chi connectivity index (χ2n) is 7.43. The normalized spacial score (nSPS) is 25.4. The highest BCUT2D eigenvalue weighted by Crippen LogP contribution is 2.32. The Kier molecular flexibility index (Phi) is 7.29. The summed E-state index contributed by atoms with van der Waals surface area (Å²) in [7, 11) is 0. The summed E-state index contributed by atoms with van der Waals surface area (Å²) in [5.74, 6) is 1.39. The van der Waals surface area contributed by atoms with Gasteiger partial charge < -0.3 is 10.4 Å². The largest absolute Gasteiger partial charge is 0.388 e. The third kappa shape index (κ3) is 5.34. The molecule has 0 aromatic heterocycles. The van der Waals surface area contributed by atoms with Crippen LogP contribution in [-0.4, -0.2) is 23.7 Å². The van der Waals surface area contributed by atoms with Gasteiger partial charge in [-0.3, -0.25) is 4.79 Å². The Morgan fingerprint density at radius 2 is 2.17 bits per heavy atom. The van der Waals surface area contributed by atoms with Crippen molar-refractivity contribution >= 4 is 5.91 Å². The lowest BCUT2D eigenvalue weighted by atomic mass is 9.79. The maximum Gasteiger partial charge on any atom is 0.249 e. The van der Waals surface area contributed by atoms with Crippen LogP contribution < -0.4 is 5.32 Å². The topological polar surface area (TPSA) is 49.3 Å². The van der Waals surface area contributed by atoms with Crippen LogP contribution in [0, 0.1) is 11.8 Å². The average molecular weight is 332 g/mol. The summed E-state index contributed by atoms with van der Waals surface area (Å²) < 4.78 is 0. The SMILES string of the molecule is CCC1=CCC(C(C)CCCNC(=O)C2=CC(C)=CCC2O)CC1. The number of aliphatic hydroxyl groups excluding tert-OH is 1. The third-order valence-electron chi connectivity index (χ3n) is 5.59. The molecule has 0 fully saturated rings. The van der Waals surface area contributed by atoms with E-state index in [-0.39, 0.29) is 5.91 Å². The van der Waals surface area contributed by atoms with Crippen molar-refractivity contribution in [3.05, 3.63) is 34.9 Å². The predicted molar refractivity (Wildman–Crippen MR) is 99.6 cm³/mol. The predicted octanol–water partition coefficient (Wildman–Crippen LogP) is 4.29. The fraction of sp³-hybridized carbons (Fsp3) is 0.667. The fourth-order valence-corrected chi connectivity index (χ4v) is 3.75. The summed E-state index contributed by atoms with van der Waals surface area (Å²) in [4.78, 5) is 12.2. The zero-order valence-electron chi connectivity index (χ0n) is 15.5. The first-order valence-electron chi connectivity index (χ1n) is 9.53. The van der Waals surface area contributed by atoms with Crippen molar-refractivity contribution in [3.8, 4) is 0 Å². The number of aliphatic hydroxyl groups is 1. The first-order valence-corrected chi connectivity index (χ1v) is 9.53. The summed E-state index contributed by atoms with van der Waals surface area (Å²) in [6.45, 7) is 7.25. The van der Waals surface area contributed by atoms with Crippen LogP contribution in [-0.2, 0) is 4.79 Å². The molecular weight excluding hydrogens is 298 g/mol. The van der Waals surface area contributed by atoms with E-state index < -0.39 is 6.10 Å². The number of rotatable bonds is 7. The molecule has 3 unspecified atom stereocenters. The summed E-state index contributed by atoms with van der Waals surface area (Å²) in [5.41, 5.74) is 3.18. The average Bonchev–Trinajstić information content (AvgIpc) is 2.60. The maximum absolute atomic E-state index is 12.2. The van der Waals surface area contributed by atoms with Crippen LogP contribution in [0.1, 0.15) is 65.7 Å². The van der Waals surface area contributed by atoms with E-state index in [1.807, 2.05) is 13.0 Å². The Morgan fingerprint density at radius 3 is 2.83 bits per heavy atom. The van der Waals surface area contributed by atoms with Gasteiger partial charge in [-0.15, -0.1) is 0 Å². The third-order valence-corrected chi connectivity index (χ3v) is 5.59. The molecule has 2 aliphatic carbocycles. The lowest BCUT2D eigenvalue weighted by Crippen LogP contribution is -2.32. The summed E-state index contributed by atoms with van der Waals surface area (Å²) in [6.07, 6.45) is 13.2. The van der Waals surface area contributed by atoms with Crippen molar-refractivity contribution in [1.29, 1.82) is 0 Å². The molecule has 0 bridgehead atoms. The van der Waals surface area contributed by atoms with E-state index in [0.717, 1.165) is 24.3 Å². The van der Waals surface area contributed by atoms with Gasteiger partial charge in [0.05, 0.1) is 6.10 Å². The molecule has 3 heteroatoms. The molecule has 2 aliphatic rings. The summed E-state index contributed by atoms with van der Waals surface area (Å²) in [6, 6.07) is 0. The van der Waals surface area contributed by atoms with Crippen molar-refractivity contribution in [2.75, 3.05) is 6.54 Å². The van der Waals surface area contributed by atoms with E-state index >= 15 is 0 Å². The van der Waals surface area contributed by atoms with Crippen LogP contribution in [0.3, 0.4) is 0 Å². The lowest BCUT2D eigenvalue weighted by Gasteiger charge is -2.27. The Morgan fingerprint density at radius 1 is 1.38 bits per heavy atom. The Labute approximate surface area is 146 Å². The zero-order valence-corrected chi connectivity index (χ0v) is 15.5. The highest BCUT2D eigenvalue weighted by Gasteiger charge is 2.21. The fourth-order valence-electron chi connectivity index (χ4n) is 3.75. The second kappa shape index (κ2) is 9.22. The minimum Gasteiger partial charge on any atom is -0.388 e. The number of carbonyl (C=O) groups is 1. The molecule has 0 saturated carbocycles. The molecule has 3 nitrogen and oxygen atoms in total. The van der Waals surface area contributed by atoms with E-state index in [1.54, 1.807) is 11.6 Å². The van der Waals surface area contributed by atoms with Crippen LogP contribution in [0.25, 0.3) is 0 Å². The summed E-state index contributed by atoms with van der Waals surface area (Å²) >= 11 is 0. The Hall–Kier alpha value is -1.35. The molecule has 2 N–H and O–H groups in total. The van der Waals surface area contributed by atoms with Gasteiger partial charge in [-0.2, -0.15) is 0 Å². The second-order valence-corrected chi connectivity index (χ2v) is 7.43. The van der Waals surface area contributed by atoms with Gasteiger partial charge in [0.2, 0.25) is 5.91 Å². The van der Waals surface area contributed by atoms with Gasteiger partial charge in [0.15, 0.2) is 0 Å². The van der Waals surface area contributed by atoms with E-state index in [9.17, 15) is 9.90 Å². The van der Waals surface area contributed by atoms with Gasteiger partial charge in [-0.25, -0.2) is 0 Å². The number of hydrogen-bond donors (Lipinski definition) is 2. The zero-order chi connectivity index (χ0) is 17.5. The van der Waals surface area contributed by atoms with Gasteiger partial charge in [-0.1, -0.05) is 37.1 Å². The smallest absolute Gasteiger partial charge is 0.249 e. The van der Waals surface area contributed by atoms with E-state index in [2.05, 4.69) is 25.2 Å². The quantitative estimate of drug-likeness (QED) is 0.540. The molecule has 134 valence electrons. The number of carbonyl (C=O) groups excluding carboxylic acids is 1. The Balaban J connectivity index is 1.68. The van der Waals surface area contributed by atoms with Gasteiger partial charge in [-0.05, 0) is 69.8 Å². The molecule has 0 saturated heterocycles. The van der Waals surface area contributed by atoms with Crippen molar-refractivity contribution < 1.29 is 9.90 Å². The highest BCUT2D eigenvalue weighted by molar-refractivity contribution is 5.95. The minimum atomic E-state index is -0.658. The highest BCUT2D eigenvalue weighted by atomic mass is 16.3. The number of hydrogen-bond acceptors (Lipinski definition) is 2. The molecule has 0 aromatic rings. The van der Waals surface area contributed by atoms with Gasteiger partial charge >= 0.3 is 0 Å². The first-order chi connectivity index (χ1) is 11.5. The lowest BCUT2D eigenvalue weighted by molar-refractivity contribution is -0.118. The Bertz CT molecular complexity index is 530. The molecular formula is C21H33NO2. The van der Waals surface area contributed by atoms with Crippen LogP contribution in [0.15, 0.2) is 34.9 Å². The van der Waals surface area contributed by atoms with E-state index in [4.69, 9.17) is 0 Å². The molecule has 2 rings (SSSR count). The van der Waals surface area contributed by atoms with Crippen molar-refractivity contribution in [1.82, 2.24) is 5.32 Å². The molecule has 0 radical (unpaired) electrons. The number of nitrogens with one attached hydrogen (secondary N) is 1. The first kappa shape index (κ1) is 19.0. The number of allylic oxidation sites excluding steroid dienone is 4. The van der Waals surface area contributed by atoms with Gasteiger partial charge in [0, 0.05) is 12.1 Å². The van der Waals surface area contributed by atoms with E-state index in [1.165, 1.54) is 25.7 Å². The molecule has 0 aromatic carbocycles. The maximum atomic E-state index is 12.2. The monoisotopic (exact) mass is 331 g/mol. The van der Waals surface area contributed by atoms with Crippen LogP contribution >= 0.6 is 0 Å². The van der Waals surface area contributed by atoms with Crippen molar-refractivity contribution in [2.24, 2.45) is 11.8 Å². The van der Waals surface area contributed by atoms with Crippen LogP contribution in [0.4, 0.5) is 0 Å².